The summed E-state index contributed by atoms with van der Waals surface area (Å²) in [5.41, 5.74) is -0.148. The highest BCUT2D eigenvalue weighted by atomic mass is 16.6. The number of anilines is 1. The molecule has 0 amide bonds. The van der Waals surface area contributed by atoms with E-state index in [4.69, 9.17) is 5.26 Å². The first kappa shape index (κ1) is 13.9. The standard InChI is InChI=1S/C11H14N4O3/c1-7(2)9(6-16)14-11-10(15(17)18)3-8(4-12)5-13-11/h3,5,7,9,16H,6H2,1-2H3,(H,13,14). The SMILES string of the molecule is CC(C)C(CO)Nc1ncc(C#N)cc1[N+](=O)[O-]. The van der Waals surface area contributed by atoms with Gasteiger partial charge in [-0.3, -0.25) is 10.1 Å². The van der Waals surface area contributed by atoms with Gasteiger partial charge in [0, 0.05) is 12.3 Å². The Balaban J connectivity index is 3.09. The van der Waals surface area contributed by atoms with Crippen LogP contribution in [-0.2, 0) is 0 Å². The normalized spacial score (nSPS) is 11.9. The van der Waals surface area contributed by atoms with Crippen LogP contribution in [0.5, 0.6) is 0 Å². The van der Waals surface area contributed by atoms with E-state index < -0.39 is 4.92 Å². The first-order valence-electron chi connectivity index (χ1n) is 5.41. The Morgan fingerprint density at radius 3 is 2.78 bits per heavy atom. The first-order chi connectivity index (χ1) is 8.49. The van der Waals surface area contributed by atoms with Crippen molar-refractivity contribution in [3.63, 3.8) is 0 Å². The molecule has 7 heteroatoms. The van der Waals surface area contributed by atoms with Crippen molar-refractivity contribution < 1.29 is 10.0 Å². The topological polar surface area (TPSA) is 112 Å². The lowest BCUT2D eigenvalue weighted by Gasteiger charge is -2.20. The molecule has 0 aliphatic rings. The van der Waals surface area contributed by atoms with Crippen LogP contribution in [0.25, 0.3) is 0 Å². The Morgan fingerprint density at radius 2 is 2.33 bits per heavy atom. The van der Waals surface area contributed by atoms with Gasteiger partial charge in [0.05, 0.1) is 23.1 Å². The Bertz CT molecular complexity index is 482. The fourth-order valence-corrected chi connectivity index (χ4v) is 1.36. The van der Waals surface area contributed by atoms with Crippen LogP contribution in [-0.4, -0.2) is 27.7 Å². The average Bonchev–Trinajstić information content (AvgIpc) is 2.35. The molecule has 0 fully saturated rings. The summed E-state index contributed by atoms with van der Waals surface area (Å²) in [5, 5.41) is 31.6. The van der Waals surface area contributed by atoms with Crippen molar-refractivity contribution in [1.29, 1.82) is 5.26 Å². The van der Waals surface area contributed by atoms with E-state index in [9.17, 15) is 15.2 Å². The van der Waals surface area contributed by atoms with E-state index in [0.717, 1.165) is 6.07 Å². The molecule has 0 aromatic carbocycles. The third-order valence-electron chi connectivity index (χ3n) is 2.52. The fraction of sp³-hybridized carbons (Fsp3) is 0.455. The number of aliphatic hydroxyl groups is 1. The van der Waals surface area contributed by atoms with Gasteiger partial charge in [0.1, 0.15) is 6.07 Å². The summed E-state index contributed by atoms with van der Waals surface area (Å²) in [4.78, 5) is 14.1. The van der Waals surface area contributed by atoms with Crippen LogP contribution < -0.4 is 5.32 Å². The predicted molar refractivity (Wildman–Crippen MR) is 64.9 cm³/mol. The maximum Gasteiger partial charge on any atom is 0.312 e. The van der Waals surface area contributed by atoms with Gasteiger partial charge in [-0.15, -0.1) is 0 Å². The zero-order chi connectivity index (χ0) is 13.7. The summed E-state index contributed by atoms with van der Waals surface area (Å²) in [5.74, 6) is 0.152. The summed E-state index contributed by atoms with van der Waals surface area (Å²) >= 11 is 0. The molecular weight excluding hydrogens is 236 g/mol. The van der Waals surface area contributed by atoms with Crippen molar-refractivity contribution in [3.05, 3.63) is 27.9 Å². The number of aliphatic hydroxyl groups excluding tert-OH is 1. The zero-order valence-corrected chi connectivity index (χ0v) is 10.1. The van der Waals surface area contributed by atoms with Crippen molar-refractivity contribution in [2.45, 2.75) is 19.9 Å². The quantitative estimate of drug-likeness (QED) is 0.601. The van der Waals surface area contributed by atoms with Gasteiger partial charge in [-0.2, -0.15) is 5.26 Å². The van der Waals surface area contributed by atoms with Crippen molar-refractivity contribution in [1.82, 2.24) is 4.98 Å². The minimum Gasteiger partial charge on any atom is -0.394 e. The van der Waals surface area contributed by atoms with Gasteiger partial charge >= 0.3 is 5.69 Å². The third-order valence-corrected chi connectivity index (χ3v) is 2.52. The molecule has 1 atom stereocenters. The number of rotatable bonds is 5. The van der Waals surface area contributed by atoms with E-state index in [1.54, 1.807) is 6.07 Å². The van der Waals surface area contributed by atoms with Crippen LogP contribution in [0, 0.1) is 27.4 Å². The van der Waals surface area contributed by atoms with Gasteiger partial charge in [-0.1, -0.05) is 13.8 Å². The summed E-state index contributed by atoms with van der Waals surface area (Å²) in [6.45, 7) is 3.60. The predicted octanol–water partition coefficient (Wildman–Crippen LogP) is 1.29. The molecule has 1 aromatic heterocycles. The molecule has 1 heterocycles. The van der Waals surface area contributed by atoms with Crippen molar-refractivity contribution in [2.75, 3.05) is 11.9 Å². The molecule has 1 rings (SSSR count). The minimum absolute atomic E-state index is 0.0618. The maximum absolute atomic E-state index is 10.9. The Labute approximate surface area is 104 Å². The molecule has 0 saturated heterocycles. The highest BCUT2D eigenvalue weighted by Crippen LogP contribution is 2.24. The number of nitriles is 1. The average molecular weight is 250 g/mol. The van der Waals surface area contributed by atoms with Crippen LogP contribution in [0.1, 0.15) is 19.4 Å². The van der Waals surface area contributed by atoms with Crippen LogP contribution in [0.3, 0.4) is 0 Å². The number of nitrogens with zero attached hydrogens (tertiary/aromatic N) is 3. The lowest BCUT2D eigenvalue weighted by Crippen LogP contribution is -2.30. The molecule has 0 saturated carbocycles. The molecule has 1 unspecified atom stereocenters. The Morgan fingerprint density at radius 1 is 1.67 bits per heavy atom. The minimum atomic E-state index is -0.606. The first-order valence-corrected chi connectivity index (χ1v) is 5.41. The summed E-state index contributed by atoms with van der Waals surface area (Å²) < 4.78 is 0. The van der Waals surface area contributed by atoms with Gasteiger partial charge in [-0.05, 0) is 5.92 Å². The molecule has 0 aliphatic carbocycles. The number of pyridine rings is 1. The zero-order valence-electron chi connectivity index (χ0n) is 10.1. The van der Waals surface area contributed by atoms with E-state index in [0.29, 0.717) is 0 Å². The maximum atomic E-state index is 10.9. The molecule has 0 radical (unpaired) electrons. The second kappa shape index (κ2) is 5.93. The van der Waals surface area contributed by atoms with E-state index in [1.807, 2.05) is 13.8 Å². The van der Waals surface area contributed by atoms with Gasteiger partial charge in [0.25, 0.3) is 0 Å². The number of nitro groups is 1. The summed E-state index contributed by atoms with van der Waals surface area (Å²) in [6, 6.07) is 2.62. The van der Waals surface area contributed by atoms with Crippen LogP contribution in [0.4, 0.5) is 11.5 Å². The molecule has 1 aromatic rings. The number of hydrogen-bond donors (Lipinski definition) is 2. The number of aromatic nitrogens is 1. The molecule has 96 valence electrons. The smallest absolute Gasteiger partial charge is 0.312 e. The summed E-state index contributed by atoms with van der Waals surface area (Å²) in [6.07, 6.45) is 1.25. The monoisotopic (exact) mass is 250 g/mol. The van der Waals surface area contributed by atoms with Gasteiger partial charge in [-0.25, -0.2) is 4.98 Å². The third kappa shape index (κ3) is 3.15. The molecular formula is C11H14N4O3. The number of hydrogen-bond acceptors (Lipinski definition) is 6. The lowest BCUT2D eigenvalue weighted by molar-refractivity contribution is -0.384. The van der Waals surface area contributed by atoms with E-state index >= 15 is 0 Å². The molecule has 18 heavy (non-hydrogen) atoms. The molecule has 0 aliphatic heterocycles. The van der Waals surface area contributed by atoms with Crippen LogP contribution in [0.2, 0.25) is 0 Å². The Kier molecular flexibility index (Phi) is 4.57. The van der Waals surface area contributed by atoms with E-state index in [2.05, 4.69) is 10.3 Å². The molecule has 0 bridgehead atoms. The van der Waals surface area contributed by atoms with Crippen molar-refractivity contribution in [2.24, 2.45) is 5.92 Å². The van der Waals surface area contributed by atoms with Crippen LogP contribution >= 0.6 is 0 Å². The van der Waals surface area contributed by atoms with Crippen LogP contribution in [0.15, 0.2) is 12.3 Å². The van der Waals surface area contributed by atoms with Crippen molar-refractivity contribution >= 4 is 11.5 Å². The van der Waals surface area contributed by atoms with Gasteiger partial charge in [0.15, 0.2) is 0 Å². The summed E-state index contributed by atoms with van der Waals surface area (Å²) in [7, 11) is 0. The fourth-order valence-electron chi connectivity index (χ4n) is 1.36. The second-order valence-corrected chi connectivity index (χ2v) is 4.14. The van der Waals surface area contributed by atoms with E-state index in [-0.39, 0.29) is 35.6 Å². The van der Waals surface area contributed by atoms with E-state index in [1.165, 1.54) is 6.20 Å². The van der Waals surface area contributed by atoms with Crippen molar-refractivity contribution in [3.8, 4) is 6.07 Å². The molecule has 0 spiro atoms. The molecule has 7 nitrogen and oxygen atoms in total. The second-order valence-electron chi connectivity index (χ2n) is 4.14. The lowest BCUT2D eigenvalue weighted by atomic mass is 10.1. The number of nitrogens with one attached hydrogen (secondary N) is 1. The molecule has 2 N–H and O–H groups in total. The largest absolute Gasteiger partial charge is 0.394 e. The van der Waals surface area contributed by atoms with Gasteiger partial charge < -0.3 is 10.4 Å². The highest BCUT2D eigenvalue weighted by molar-refractivity contribution is 5.58. The Hall–Kier alpha value is -2.20. The van der Waals surface area contributed by atoms with Gasteiger partial charge in [0.2, 0.25) is 5.82 Å². The highest BCUT2D eigenvalue weighted by Gasteiger charge is 2.20.